The number of thiazole rings is 1. The average Bonchev–Trinajstić information content (AvgIpc) is 3.47. The number of aromatic nitrogens is 5. The summed E-state index contributed by atoms with van der Waals surface area (Å²) in [6, 6.07) is 6.92. The zero-order chi connectivity index (χ0) is 21.9. The van der Waals surface area contributed by atoms with E-state index in [2.05, 4.69) is 20.3 Å². The molecule has 0 saturated carbocycles. The summed E-state index contributed by atoms with van der Waals surface area (Å²) in [5, 5.41) is 5.19. The van der Waals surface area contributed by atoms with Crippen molar-refractivity contribution >= 4 is 34.5 Å². The van der Waals surface area contributed by atoms with Crippen molar-refractivity contribution in [2.75, 3.05) is 18.5 Å². The number of pyridine rings is 1. The van der Waals surface area contributed by atoms with Crippen molar-refractivity contribution in [3.05, 3.63) is 83.2 Å². The van der Waals surface area contributed by atoms with E-state index in [4.69, 9.17) is 4.74 Å². The van der Waals surface area contributed by atoms with E-state index in [9.17, 15) is 9.18 Å². The Kier molecular flexibility index (Phi) is 5.61. The summed E-state index contributed by atoms with van der Waals surface area (Å²) in [7, 11) is 0. The van der Waals surface area contributed by atoms with E-state index in [-0.39, 0.29) is 5.91 Å². The van der Waals surface area contributed by atoms with E-state index in [1.807, 2.05) is 28.3 Å². The van der Waals surface area contributed by atoms with Gasteiger partial charge in [-0.05, 0) is 42.0 Å². The molecule has 32 heavy (non-hydrogen) atoms. The quantitative estimate of drug-likeness (QED) is 0.434. The van der Waals surface area contributed by atoms with Crippen molar-refractivity contribution in [3.63, 3.8) is 0 Å². The van der Waals surface area contributed by atoms with Crippen molar-refractivity contribution in [2.45, 2.75) is 12.6 Å². The minimum atomic E-state index is -0.548. The summed E-state index contributed by atoms with van der Waals surface area (Å²) in [6.07, 6.45) is 10.7. The van der Waals surface area contributed by atoms with Crippen LogP contribution in [0.1, 0.15) is 33.5 Å². The van der Waals surface area contributed by atoms with E-state index >= 15 is 0 Å². The molecule has 0 unspecified atom stereocenters. The summed E-state index contributed by atoms with van der Waals surface area (Å²) >= 11 is 1.34. The molecule has 1 amide bonds. The maximum Gasteiger partial charge on any atom is 0.274 e. The van der Waals surface area contributed by atoms with Gasteiger partial charge in [0.2, 0.25) is 5.95 Å². The number of halogens is 1. The number of amides is 1. The van der Waals surface area contributed by atoms with E-state index in [0.29, 0.717) is 23.4 Å². The highest BCUT2D eigenvalue weighted by Crippen LogP contribution is 2.20. The molecule has 0 bridgehead atoms. The molecule has 5 heterocycles. The van der Waals surface area contributed by atoms with Crippen LogP contribution >= 0.6 is 11.3 Å². The highest BCUT2D eigenvalue weighted by Gasteiger charge is 2.19. The van der Waals surface area contributed by atoms with Crippen molar-refractivity contribution in [3.8, 4) is 0 Å². The molecule has 10 heteroatoms. The predicted octanol–water partition coefficient (Wildman–Crippen LogP) is 3.72. The molecule has 0 spiro atoms. The number of ether oxygens (including phenoxy) is 1. The first kappa shape index (κ1) is 20.3. The lowest BCUT2D eigenvalue weighted by molar-refractivity contribution is -0.0233. The SMILES string of the molecule is O=C(Nc1nc(/C=C/c2cn(C3COC3)cn2)cs1)c1cccn1Cc1ccnc(F)c1. The molecule has 1 N–H and O–H groups in total. The van der Waals surface area contributed by atoms with Crippen LogP contribution < -0.4 is 5.32 Å². The number of rotatable bonds is 7. The highest BCUT2D eigenvalue weighted by atomic mass is 32.1. The summed E-state index contributed by atoms with van der Waals surface area (Å²) in [5.74, 6) is -0.830. The zero-order valence-corrected chi connectivity index (χ0v) is 17.7. The number of carbonyl (C=O) groups is 1. The summed E-state index contributed by atoms with van der Waals surface area (Å²) in [4.78, 5) is 25.1. The maximum atomic E-state index is 13.3. The van der Waals surface area contributed by atoms with Gasteiger partial charge in [-0.1, -0.05) is 0 Å². The monoisotopic (exact) mass is 450 g/mol. The van der Waals surface area contributed by atoms with Crippen LogP contribution in [0.4, 0.5) is 9.52 Å². The Balaban J connectivity index is 1.22. The first-order valence-electron chi connectivity index (χ1n) is 9.96. The van der Waals surface area contributed by atoms with E-state index in [0.717, 1.165) is 30.2 Å². The lowest BCUT2D eigenvalue weighted by atomic mass is 10.2. The lowest BCUT2D eigenvalue weighted by Crippen LogP contribution is -2.29. The molecule has 5 rings (SSSR count). The standard InChI is InChI=1S/C22H19FN6O2S/c23-20-8-15(5-6-24-20)9-28-7-1-2-19(28)21(30)27-22-26-17(13-32-22)4-3-16-10-29(14-25-16)18-11-31-12-18/h1-8,10,13-14,18H,9,11-12H2,(H,26,27,30)/b4-3+. The second-order valence-electron chi connectivity index (χ2n) is 7.31. The van der Waals surface area contributed by atoms with Gasteiger partial charge < -0.3 is 13.9 Å². The normalized spacial score (nSPS) is 14.0. The Hall–Kier alpha value is -3.63. The minimum absolute atomic E-state index is 0.282. The molecule has 0 aromatic carbocycles. The van der Waals surface area contributed by atoms with Gasteiger partial charge in [0.05, 0.1) is 37.0 Å². The van der Waals surface area contributed by atoms with Gasteiger partial charge in [0.1, 0.15) is 5.69 Å². The molecule has 4 aromatic rings. The van der Waals surface area contributed by atoms with Crippen LogP contribution in [0.25, 0.3) is 12.2 Å². The smallest absolute Gasteiger partial charge is 0.274 e. The molecule has 8 nitrogen and oxygen atoms in total. The van der Waals surface area contributed by atoms with Crippen LogP contribution in [0.3, 0.4) is 0 Å². The summed E-state index contributed by atoms with van der Waals surface area (Å²) in [6.45, 7) is 1.80. The third-order valence-electron chi connectivity index (χ3n) is 5.04. The number of anilines is 1. The summed E-state index contributed by atoms with van der Waals surface area (Å²) < 4.78 is 22.4. The minimum Gasteiger partial charge on any atom is -0.377 e. The number of carbonyl (C=O) groups excluding carboxylic acids is 1. The second kappa shape index (κ2) is 8.85. The molecule has 0 atom stereocenters. The molecule has 0 radical (unpaired) electrons. The van der Waals surface area contributed by atoms with Crippen molar-refractivity contribution in [1.29, 1.82) is 0 Å². The van der Waals surface area contributed by atoms with Crippen molar-refractivity contribution in [2.24, 2.45) is 0 Å². The Morgan fingerprint density at radius 1 is 1.28 bits per heavy atom. The Labute approximate surface area is 187 Å². The van der Waals surface area contributed by atoms with Crippen molar-refractivity contribution in [1.82, 2.24) is 24.1 Å². The first-order valence-corrected chi connectivity index (χ1v) is 10.8. The van der Waals surface area contributed by atoms with Crippen LogP contribution in [-0.2, 0) is 11.3 Å². The molecule has 0 aliphatic carbocycles. The number of nitrogens with zero attached hydrogens (tertiary/aromatic N) is 5. The predicted molar refractivity (Wildman–Crippen MR) is 119 cm³/mol. The fraction of sp³-hybridized carbons (Fsp3) is 0.182. The Morgan fingerprint density at radius 3 is 2.97 bits per heavy atom. The third-order valence-corrected chi connectivity index (χ3v) is 5.81. The van der Waals surface area contributed by atoms with Crippen LogP contribution in [0.15, 0.2) is 54.6 Å². The molecule has 1 saturated heterocycles. The Morgan fingerprint density at radius 2 is 2.16 bits per heavy atom. The van der Waals surface area contributed by atoms with Gasteiger partial charge in [0, 0.05) is 30.5 Å². The van der Waals surface area contributed by atoms with Crippen LogP contribution in [0.2, 0.25) is 0 Å². The topological polar surface area (TPSA) is 86.9 Å². The fourth-order valence-electron chi connectivity index (χ4n) is 3.28. The first-order chi connectivity index (χ1) is 15.6. The maximum absolute atomic E-state index is 13.3. The summed E-state index contributed by atoms with van der Waals surface area (Å²) in [5.41, 5.74) is 2.74. The van der Waals surface area contributed by atoms with Crippen LogP contribution in [-0.4, -0.2) is 43.2 Å². The van der Waals surface area contributed by atoms with Gasteiger partial charge in [-0.25, -0.2) is 15.0 Å². The van der Waals surface area contributed by atoms with E-state index in [1.165, 1.54) is 23.6 Å². The number of hydrogen-bond acceptors (Lipinski definition) is 6. The van der Waals surface area contributed by atoms with Crippen LogP contribution in [0.5, 0.6) is 0 Å². The largest absolute Gasteiger partial charge is 0.377 e. The van der Waals surface area contributed by atoms with E-state index < -0.39 is 5.95 Å². The van der Waals surface area contributed by atoms with Crippen LogP contribution in [0, 0.1) is 5.95 Å². The van der Waals surface area contributed by atoms with Gasteiger partial charge in [0.25, 0.3) is 5.91 Å². The number of nitrogens with one attached hydrogen (secondary N) is 1. The lowest BCUT2D eigenvalue weighted by Gasteiger charge is -2.26. The third kappa shape index (κ3) is 4.51. The van der Waals surface area contributed by atoms with Crippen molar-refractivity contribution < 1.29 is 13.9 Å². The molecule has 1 aliphatic heterocycles. The molecule has 162 valence electrons. The van der Waals surface area contributed by atoms with Gasteiger partial charge >= 0.3 is 0 Å². The molecule has 1 fully saturated rings. The molecule has 1 aliphatic rings. The van der Waals surface area contributed by atoms with Gasteiger partial charge in [-0.15, -0.1) is 11.3 Å². The van der Waals surface area contributed by atoms with Gasteiger partial charge in [-0.2, -0.15) is 4.39 Å². The highest BCUT2D eigenvalue weighted by molar-refractivity contribution is 7.14. The molecular formula is C22H19FN6O2S. The number of hydrogen-bond donors (Lipinski definition) is 1. The van der Waals surface area contributed by atoms with Gasteiger partial charge in [0.15, 0.2) is 5.13 Å². The molecular weight excluding hydrogens is 431 g/mol. The fourth-order valence-corrected chi connectivity index (χ4v) is 3.96. The number of imidazole rings is 1. The van der Waals surface area contributed by atoms with Gasteiger partial charge in [-0.3, -0.25) is 10.1 Å². The zero-order valence-electron chi connectivity index (χ0n) is 16.9. The second-order valence-corrected chi connectivity index (χ2v) is 8.17. The molecule has 4 aromatic heterocycles. The Bertz CT molecular complexity index is 1270. The van der Waals surface area contributed by atoms with E-state index in [1.54, 1.807) is 35.3 Å². The average molecular weight is 450 g/mol.